The van der Waals surface area contributed by atoms with Gasteiger partial charge in [0.25, 0.3) is 0 Å². The second-order valence-electron chi connectivity index (χ2n) is 8.93. The van der Waals surface area contributed by atoms with Crippen LogP contribution in [0.2, 0.25) is 0 Å². The molecule has 0 radical (unpaired) electrons. The smallest absolute Gasteiger partial charge is 0.408 e. The standard InChI is InChI=1S/C23H33N3O6/c1-14-7-8-16(11-15(14)2)20(21(29)24-13-19(28)31-6)26(17-9-10-17)18(27)12-25-22(30)32-23(3,4)5/h7-8,11,17,20H,9-10,12-13H2,1-6H3,(H,24,29)(H,25,30). The number of alkyl carbamates (subject to hydrolysis) is 1. The zero-order valence-electron chi connectivity index (χ0n) is 19.6. The number of hydrogen-bond acceptors (Lipinski definition) is 6. The van der Waals surface area contributed by atoms with Crippen molar-refractivity contribution in [2.45, 2.75) is 65.1 Å². The Morgan fingerprint density at radius 3 is 2.25 bits per heavy atom. The van der Waals surface area contributed by atoms with Crippen molar-refractivity contribution in [1.82, 2.24) is 15.5 Å². The quantitative estimate of drug-likeness (QED) is 0.590. The van der Waals surface area contributed by atoms with Gasteiger partial charge in [-0.25, -0.2) is 4.79 Å². The van der Waals surface area contributed by atoms with E-state index in [-0.39, 0.29) is 19.1 Å². The molecule has 1 aromatic carbocycles. The van der Waals surface area contributed by atoms with Crippen LogP contribution >= 0.6 is 0 Å². The number of ether oxygens (including phenoxy) is 2. The molecular weight excluding hydrogens is 414 g/mol. The molecule has 0 aliphatic heterocycles. The second kappa shape index (κ2) is 10.5. The second-order valence-corrected chi connectivity index (χ2v) is 8.93. The number of carbonyl (C=O) groups excluding carboxylic acids is 4. The van der Waals surface area contributed by atoms with Crippen molar-refractivity contribution in [1.29, 1.82) is 0 Å². The minimum absolute atomic E-state index is 0.126. The zero-order chi connectivity index (χ0) is 24.1. The molecule has 2 N–H and O–H groups in total. The van der Waals surface area contributed by atoms with Crippen molar-refractivity contribution in [3.63, 3.8) is 0 Å². The van der Waals surface area contributed by atoms with Gasteiger partial charge in [0, 0.05) is 6.04 Å². The van der Waals surface area contributed by atoms with Crippen LogP contribution in [0.25, 0.3) is 0 Å². The minimum Gasteiger partial charge on any atom is -0.468 e. The average molecular weight is 448 g/mol. The van der Waals surface area contributed by atoms with E-state index in [9.17, 15) is 19.2 Å². The third-order valence-electron chi connectivity index (χ3n) is 5.02. The van der Waals surface area contributed by atoms with Crippen LogP contribution in [-0.2, 0) is 23.9 Å². The molecule has 1 fully saturated rings. The third-order valence-corrected chi connectivity index (χ3v) is 5.02. The summed E-state index contributed by atoms with van der Waals surface area (Å²) in [6.45, 7) is 8.46. The highest BCUT2D eigenvalue weighted by Crippen LogP contribution is 2.35. The van der Waals surface area contributed by atoms with Crippen LogP contribution in [0.1, 0.15) is 56.3 Å². The third kappa shape index (κ3) is 7.25. The van der Waals surface area contributed by atoms with Gasteiger partial charge in [-0.05, 0) is 64.2 Å². The number of esters is 1. The number of methoxy groups -OCH3 is 1. The SMILES string of the molecule is COC(=O)CNC(=O)C(c1ccc(C)c(C)c1)N(C(=O)CNC(=O)OC(C)(C)C)C1CC1. The van der Waals surface area contributed by atoms with Crippen LogP contribution < -0.4 is 10.6 Å². The van der Waals surface area contributed by atoms with Crippen LogP contribution in [0.3, 0.4) is 0 Å². The van der Waals surface area contributed by atoms with Crippen LogP contribution in [0.4, 0.5) is 4.79 Å². The largest absolute Gasteiger partial charge is 0.468 e. The fourth-order valence-corrected chi connectivity index (χ4v) is 3.17. The summed E-state index contributed by atoms with van der Waals surface area (Å²) in [5.41, 5.74) is 1.97. The Labute approximate surface area is 188 Å². The summed E-state index contributed by atoms with van der Waals surface area (Å²) in [5, 5.41) is 5.03. The van der Waals surface area contributed by atoms with Crippen LogP contribution in [0.15, 0.2) is 18.2 Å². The molecule has 0 saturated heterocycles. The Morgan fingerprint density at radius 2 is 1.72 bits per heavy atom. The average Bonchev–Trinajstić information content (AvgIpc) is 3.54. The van der Waals surface area contributed by atoms with E-state index in [2.05, 4.69) is 15.4 Å². The molecule has 1 aliphatic carbocycles. The van der Waals surface area contributed by atoms with E-state index in [1.165, 1.54) is 12.0 Å². The zero-order valence-corrected chi connectivity index (χ0v) is 19.6. The summed E-state index contributed by atoms with van der Waals surface area (Å²) in [7, 11) is 1.23. The lowest BCUT2D eigenvalue weighted by molar-refractivity contribution is -0.144. The van der Waals surface area contributed by atoms with Gasteiger partial charge in [0.1, 0.15) is 24.7 Å². The Kier molecular flexibility index (Phi) is 8.24. The van der Waals surface area contributed by atoms with E-state index in [0.29, 0.717) is 5.56 Å². The van der Waals surface area contributed by atoms with Gasteiger partial charge in [0.2, 0.25) is 11.8 Å². The van der Waals surface area contributed by atoms with Gasteiger partial charge in [-0.3, -0.25) is 14.4 Å². The van der Waals surface area contributed by atoms with Crippen LogP contribution in [0.5, 0.6) is 0 Å². The Bertz CT molecular complexity index is 873. The first-order valence-electron chi connectivity index (χ1n) is 10.6. The van der Waals surface area contributed by atoms with Crippen molar-refractivity contribution >= 4 is 23.9 Å². The molecule has 1 atom stereocenters. The van der Waals surface area contributed by atoms with Crippen LogP contribution in [0, 0.1) is 13.8 Å². The normalized spacial score (nSPS) is 14.2. The molecule has 1 unspecified atom stereocenters. The van der Waals surface area contributed by atoms with E-state index < -0.39 is 35.5 Å². The van der Waals surface area contributed by atoms with E-state index in [0.717, 1.165) is 24.0 Å². The number of nitrogens with one attached hydrogen (secondary N) is 2. The fraction of sp³-hybridized carbons (Fsp3) is 0.565. The first-order valence-corrected chi connectivity index (χ1v) is 10.6. The summed E-state index contributed by atoms with van der Waals surface area (Å²) in [6.07, 6.45) is 0.799. The van der Waals surface area contributed by atoms with Gasteiger partial charge in [0.15, 0.2) is 0 Å². The minimum atomic E-state index is -0.945. The Morgan fingerprint density at radius 1 is 1.06 bits per heavy atom. The van der Waals surface area contributed by atoms with E-state index >= 15 is 0 Å². The van der Waals surface area contributed by atoms with E-state index in [1.807, 2.05) is 26.0 Å². The first-order chi connectivity index (χ1) is 14.9. The number of carbonyl (C=O) groups is 4. The van der Waals surface area contributed by atoms with Gasteiger partial charge in [0.05, 0.1) is 7.11 Å². The molecule has 0 aromatic heterocycles. The molecule has 0 spiro atoms. The van der Waals surface area contributed by atoms with E-state index in [4.69, 9.17) is 4.74 Å². The molecule has 0 heterocycles. The summed E-state index contributed by atoms with van der Waals surface area (Å²) < 4.78 is 9.79. The molecule has 2 rings (SSSR count). The summed E-state index contributed by atoms with van der Waals surface area (Å²) in [6, 6.07) is 4.48. The highest BCUT2D eigenvalue weighted by molar-refractivity contribution is 5.92. The van der Waals surface area contributed by atoms with Crippen LogP contribution in [-0.4, -0.2) is 60.6 Å². The number of amides is 3. The number of hydrogen-bond donors (Lipinski definition) is 2. The predicted octanol–water partition coefficient (Wildman–Crippen LogP) is 2.15. The summed E-state index contributed by atoms with van der Waals surface area (Å²) in [4.78, 5) is 51.3. The molecule has 1 aliphatic rings. The molecule has 0 bridgehead atoms. The van der Waals surface area contributed by atoms with Crippen molar-refractivity contribution in [3.05, 3.63) is 34.9 Å². The van der Waals surface area contributed by atoms with Gasteiger partial charge in [-0.1, -0.05) is 18.2 Å². The summed E-state index contributed by atoms with van der Waals surface area (Å²) in [5.74, 6) is -1.49. The Balaban J connectivity index is 2.27. The molecule has 176 valence electrons. The maximum absolute atomic E-state index is 13.1. The number of benzene rings is 1. The van der Waals surface area contributed by atoms with Crippen molar-refractivity contribution in [3.8, 4) is 0 Å². The highest BCUT2D eigenvalue weighted by Gasteiger charge is 2.41. The molecule has 1 saturated carbocycles. The van der Waals surface area contributed by atoms with Crippen molar-refractivity contribution < 1.29 is 28.7 Å². The first kappa shape index (κ1) is 25.2. The number of nitrogens with zero attached hydrogens (tertiary/aromatic N) is 1. The monoisotopic (exact) mass is 447 g/mol. The molecular formula is C23H33N3O6. The lowest BCUT2D eigenvalue weighted by Crippen LogP contribution is -2.49. The fourth-order valence-electron chi connectivity index (χ4n) is 3.17. The van der Waals surface area contributed by atoms with Gasteiger partial charge < -0.3 is 25.0 Å². The highest BCUT2D eigenvalue weighted by atomic mass is 16.6. The van der Waals surface area contributed by atoms with Gasteiger partial charge in [-0.2, -0.15) is 0 Å². The topological polar surface area (TPSA) is 114 Å². The van der Waals surface area contributed by atoms with E-state index in [1.54, 1.807) is 26.8 Å². The predicted molar refractivity (Wildman–Crippen MR) is 118 cm³/mol. The lowest BCUT2D eigenvalue weighted by atomic mass is 9.98. The molecule has 32 heavy (non-hydrogen) atoms. The Hall–Kier alpha value is -3.10. The molecule has 1 aromatic rings. The maximum Gasteiger partial charge on any atom is 0.408 e. The molecule has 3 amide bonds. The van der Waals surface area contributed by atoms with Crippen molar-refractivity contribution in [2.75, 3.05) is 20.2 Å². The van der Waals surface area contributed by atoms with Gasteiger partial charge >= 0.3 is 12.1 Å². The maximum atomic E-state index is 13.1. The van der Waals surface area contributed by atoms with Crippen molar-refractivity contribution in [2.24, 2.45) is 0 Å². The number of rotatable bonds is 8. The molecule has 9 nitrogen and oxygen atoms in total. The summed E-state index contributed by atoms with van der Waals surface area (Å²) >= 11 is 0. The van der Waals surface area contributed by atoms with Gasteiger partial charge in [-0.15, -0.1) is 0 Å². The number of aryl methyl sites for hydroxylation is 2. The molecule has 9 heteroatoms. The lowest BCUT2D eigenvalue weighted by Gasteiger charge is -2.32.